The second-order valence-electron chi connectivity index (χ2n) is 5.43. The van der Waals surface area contributed by atoms with Gasteiger partial charge in [-0.2, -0.15) is 0 Å². The van der Waals surface area contributed by atoms with Gasteiger partial charge in [0.1, 0.15) is 5.75 Å². The largest absolute Gasteiger partial charge is 0.496 e. The van der Waals surface area contributed by atoms with Gasteiger partial charge in [0.05, 0.1) is 17.9 Å². The Bertz CT molecular complexity index is 868. The number of carbonyl (C=O) groups is 1. The van der Waals surface area contributed by atoms with Crippen LogP contribution < -0.4 is 10.1 Å². The van der Waals surface area contributed by atoms with Gasteiger partial charge >= 0.3 is 0 Å². The quantitative estimate of drug-likeness (QED) is 0.596. The molecule has 1 atom stereocenters. The summed E-state index contributed by atoms with van der Waals surface area (Å²) in [6.45, 7) is 2.00. The molecule has 0 saturated heterocycles. The fourth-order valence-corrected chi connectivity index (χ4v) is 4.13. The number of benzene rings is 2. The van der Waals surface area contributed by atoms with Crippen molar-refractivity contribution >= 4 is 34.1 Å². The fourth-order valence-electron chi connectivity index (χ4n) is 2.38. The van der Waals surface area contributed by atoms with E-state index in [1.807, 2.05) is 61.5 Å². The van der Waals surface area contributed by atoms with Crippen molar-refractivity contribution < 1.29 is 9.53 Å². The van der Waals surface area contributed by atoms with E-state index in [2.05, 4.69) is 15.5 Å². The zero-order valence-corrected chi connectivity index (χ0v) is 16.1. The average Bonchev–Trinajstić information content (AvgIpc) is 3.15. The summed E-state index contributed by atoms with van der Waals surface area (Å²) in [6.07, 6.45) is 0.726. The summed E-state index contributed by atoms with van der Waals surface area (Å²) in [5.74, 6) is 0.664. The summed E-state index contributed by atoms with van der Waals surface area (Å²) < 4.78 is 5.36. The number of aromatic nitrogens is 2. The van der Waals surface area contributed by atoms with Gasteiger partial charge in [0.25, 0.3) is 0 Å². The molecule has 1 heterocycles. The van der Waals surface area contributed by atoms with Crippen molar-refractivity contribution in [3.8, 4) is 16.3 Å². The molecule has 5 nitrogen and oxygen atoms in total. The number of nitrogens with one attached hydrogen (secondary N) is 1. The standard InChI is InChI=1S/C19H19N3O2S2/c1-3-16(25-13-9-5-4-6-10-13)17(23)20-19-22-21-18(26-19)14-11-7-8-12-15(14)24-2/h4-12,16H,3H2,1-2H3,(H,20,22,23)/t16-/m1/s1. The first-order chi connectivity index (χ1) is 12.7. The number of rotatable bonds is 7. The number of hydrogen-bond acceptors (Lipinski definition) is 6. The first-order valence-electron chi connectivity index (χ1n) is 8.20. The van der Waals surface area contributed by atoms with E-state index in [9.17, 15) is 4.79 Å². The van der Waals surface area contributed by atoms with Gasteiger partial charge in [-0.05, 0) is 30.7 Å². The molecule has 1 amide bonds. The second kappa shape index (κ2) is 8.82. The second-order valence-corrected chi connectivity index (χ2v) is 7.68. The molecule has 0 fully saturated rings. The Morgan fingerprint density at radius 1 is 1.15 bits per heavy atom. The summed E-state index contributed by atoms with van der Waals surface area (Å²) in [4.78, 5) is 13.7. The number of hydrogen-bond donors (Lipinski definition) is 1. The van der Waals surface area contributed by atoms with Gasteiger partial charge in [0, 0.05) is 4.90 Å². The summed E-state index contributed by atoms with van der Waals surface area (Å²) in [5.41, 5.74) is 0.860. The molecule has 26 heavy (non-hydrogen) atoms. The molecule has 3 aromatic rings. The molecular formula is C19H19N3O2S2. The van der Waals surface area contributed by atoms with Crippen molar-refractivity contribution in [2.45, 2.75) is 23.5 Å². The van der Waals surface area contributed by atoms with E-state index in [1.165, 1.54) is 11.3 Å². The predicted molar refractivity (Wildman–Crippen MR) is 107 cm³/mol. The molecule has 0 bridgehead atoms. The van der Waals surface area contributed by atoms with Crippen LogP contribution in [0.25, 0.3) is 10.6 Å². The van der Waals surface area contributed by atoms with Gasteiger partial charge in [-0.15, -0.1) is 22.0 Å². The van der Waals surface area contributed by atoms with Crippen LogP contribution in [0.2, 0.25) is 0 Å². The molecule has 0 saturated carbocycles. The minimum Gasteiger partial charge on any atom is -0.496 e. The molecule has 1 N–H and O–H groups in total. The minimum atomic E-state index is -0.184. The fraction of sp³-hybridized carbons (Fsp3) is 0.211. The summed E-state index contributed by atoms with van der Waals surface area (Å²) >= 11 is 2.88. The topological polar surface area (TPSA) is 64.1 Å². The molecule has 2 aromatic carbocycles. The van der Waals surface area contributed by atoms with E-state index in [-0.39, 0.29) is 11.2 Å². The van der Waals surface area contributed by atoms with Crippen LogP contribution in [-0.2, 0) is 4.79 Å². The smallest absolute Gasteiger partial charge is 0.239 e. The van der Waals surface area contributed by atoms with Crippen molar-refractivity contribution in [2.75, 3.05) is 12.4 Å². The first-order valence-corrected chi connectivity index (χ1v) is 9.90. The Morgan fingerprint density at radius 3 is 2.62 bits per heavy atom. The first kappa shape index (κ1) is 18.4. The van der Waals surface area contributed by atoms with E-state index in [1.54, 1.807) is 18.9 Å². The molecule has 3 rings (SSSR count). The zero-order chi connectivity index (χ0) is 18.4. The van der Waals surface area contributed by atoms with Crippen LogP contribution >= 0.6 is 23.1 Å². The van der Waals surface area contributed by atoms with Gasteiger partial charge in [-0.3, -0.25) is 10.1 Å². The lowest BCUT2D eigenvalue weighted by Gasteiger charge is -2.13. The molecule has 0 radical (unpaired) electrons. The van der Waals surface area contributed by atoms with E-state index >= 15 is 0 Å². The minimum absolute atomic E-state index is 0.0657. The lowest BCUT2D eigenvalue weighted by atomic mass is 10.2. The van der Waals surface area contributed by atoms with Crippen LogP contribution in [0.1, 0.15) is 13.3 Å². The van der Waals surface area contributed by atoms with Crippen LogP contribution in [0.4, 0.5) is 5.13 Å². The third kappa shape index (κ3) is 4.42. The summed E-state index contributed by atoms with van der Waals surface area (Å²) in [5, 5.41) is 12.2. The number of ether oxygens (including phenoxy) is 1. The van der Waals surface area contributed by atoms with Gasteiger partial charge in [0.2, 0.25) is 11.0 Å². The highest BCUT2D eigenvalue weighted by atomic mass is 32.2. The molecule has 0 aliphatic carbocycles. The van der Waals surface area contributed by atoms with Crippen molar-refractivity contribution in [1.29, 1.82) is 0 Å². The molecule has 0 aliphatic heterocycles. The Balaban J connectivity index is 1.70. The van der Waals surface area contributed by atoms with Crippen LogP contribution in [0, 0.1) is 0 Å². The van der Waals surface area contributed by atoms with E-state index in [0.717, 1.165) is 22.6 Å². The lowest BCUT2D eigenvalue weighted by molar-refractivity contribution is -0.115. The maximum absolute atomic E-state index is 12.6. The Labute approximate surface area is 160 Å². The highest BCUT2D eigenvalue weighted by Crippen LogP contribution is 2.33. The average molecular weight is 386 g/mol. The van der Waals surface area contributed by atoms with Crippen LogP contribution in [-0.4, -0.2) is 28.5 Å². The third-order valence-corrected chi connectivity index (χ3v) is 5.93. The Morgan fingerprint density at radius 2 is 1.88 bits per heavy atom. The maximum Gasteiger partial charge on any atom is 0.239 e. The summed E-state index contributed by atoms with van der Waals surface area (Å²) in [6, 6.07) is 17.5. The van der Waals surface area contributed by atoms with Crippen molar-refractivity contribution in [3.63, 3.8) is 0 Å². The normalized spacial score (nSPS) is 11.8. The van der Waals surface area contributed by atoms with Crippen molar-refractivity contribution in [1.82, 2.24) is 10.2 Å². The number of methoxy groups -OCH3 is 1. The lowest BCUT2D eigenvalue weighted by Crippen LogP contribution is -2.24. The van der Waals surface area contributed by atoms with Gasteiger partial charge in [-0.25, -0.2) is 0 Å². The van der Waals surface area contributed by atoms with Gasteiger partial charge in [-0.1, -0.05) is 48.6 Å². The number of amides is 1. The monoisotopic (exact) mass is 385 g/mol. The SMILES string of the molecule is CC[C@@H](Sc1ccccc1)C(=O)Nc1nnc(-c2ccccc2OC)s1. The van der Waals surface area contributed by atoms with Crippen LogP contribution in [0.3, 0.4) is 0 Å². The van der Waals surface area contributed by atoms with Crippen LogP contribution in [0.5, 0.6) is 5.75 Å². The van der Waals surface area contributed by atoms with E-state index in [4.69, 9.17) is 4.74 Å². The number of nitrogens with zero attached hydrogens (tertiary/aromatic N) is 2. The Kier molecular flexibility index (Phi) is 6.25. The molecule has 7 heteroatoms. The Hall–Kier alpha value is -2.38. The van der Waals surface area contributed by atoms with Crippen molar-refractivity contribution in [2.24, 2.45) is 0 Å². The number of para-hydroxylation sites is 1. The predicted octanol–water partition coefficient (Wildman–Crippen LogP) is 4.72. The van der Waals surface area contributed by atoms with E-state index in [0.29, 0.717) is 10.1 Å². The molecule has 134 valence electrons. The number of thioether (sulfide) groups is 1. The summed E-state index contributed by atoms with van der Waals surface area (Å²) in [7, 11) is 1.62. The third-order valence-electron chi connectivity index (χ3n) is 3.68. The number of carbonyl (C=O) groups excluding carboxylic acids is 1. The van der Waals surface area contributed by atoms with Gasteiger partial charge in [0.15, 0.2) is 5.01 Å². The highest BCUT2D eigenvalue weighted by Gasteiger charge is 2.20. The van der Waals surface area contributed by atoms with Crippen molar-refractivity contribution in [3.05, 3.63) is 54.6 Å². The molecule has 1 aromatic heterocycles. The zero-order valence-electron chi connectivity index (χ0n) is 14.5. The van der Waals surface area contributed by atoms with Crippen LogP contribution in [0.15, 0.2) is 59.5 Å². The van der Waals surface area contributed by atoms with E-state index < -0.39 is 0 Å². The molecule has 0 unspecified atom stereocenters. The molecule has 0 spiro atoms. The van der Waals surface area contributed by atoms with Gasteiger partial charge < -0.3 is 4.74 Å². The highest BCUT2D eigenvalue weighted by molar-refractivity contribution is 8.00. The molecular weight excluding hydrogens is 366 g/mol. The molecule has 0 aliphatic rings. The maximum atomic E-state index is 12.6. The number of anilines is 1.